The van der Waals surface area contributed by atoms with E-state index in [-0.39, 0.29) is 10.8 Å². The number of para-hydroxylation sites is 2. The molecule has 78 heavy (non-hydrogen) atoms. The monoisotopic (exact) mass is 997 g/mol. The molecular formula is C71H47N7. The molecule has 15 rings (SSSR count). The van der Waals surface area contributed by atoms with Gasteiger partial charge in [0, 0.05) is 60.4 Å². The number of aromatic nitrogens is 5. The molecule has 2 aliphatic rings. The summed E-state index contributed by atoms with van der Waals surface area (Å²) in [5, 5.41) is 15.1. The van der Waals surface area contributed by atoms with Crippen LogP contribution in [0.4, 0.5) is 5.69 Å². The van der Waals surface area contributed by atoms with Gasteiger partial charge in [-0.05, 0) is 122 Å². The minimum Gasteiger partial charge on any atom is -0.311 e. The number of nitriles is 1. The molecule has 0 bridgehead atoms. The van der Waals surface area contributed by atoms with Crippen molar-refractivity contribution in [2.75, 3.05) is 0 Å². The Labute approximate surface area is 451 Å². The van der Waals surface area contributed by atoms with Crippen LogP contribution in [0.1, 0.15) is 55.5 Å². The summed E-state index contributed by atoms with van der Waals surface area (Å²) >= 11 is 0. The Bertz CT molecular complexity index is 4820. The molecule has 2 aliphatic carbocycles. The smallest absolute Gasteiger partial charge is 0.200 e. The fourth-order valence-corrected chi connectivity index (χ4v) is 13.4. The van der Waals surface area contributed by atoms with Crippen LogP contribution in [-0.2, 0) is 10.8 Å². The molecule has 7 heteroatoms. The van der Waals surface area contributed by atoms with Gasteiger partial charge in [0.05, 0.1) is 40.3 Å². The fraction of sp³-hybridized carbons (Fsp3) is 0.0845. The van der Waals surface area contributed by atoms with Crippen molar-refractivity contribution in [1.82, 2.24) is 24.1 Å². The van der Waals surface area contributed by atoms with Crippen molar-refractivity contribution in [3.8, 4) is 85.0 Å². The zero-order valence-corrected chi connectivity index (χ0v) is 43.3. The maximum absolute atomic E-state index is 10.3. The number of nitrogens with zero attached hydrogens (tertiary/aromatic N) is 7. The van der Waals surface area contributed by atoms with E-state index in [9.17, 15) is 5.26 Å². The first kappa shape index (κ1) is 45.2. The maximum atomic E-state index is 10.3. The molecule has 0 saturated carbocycles. The Kier molecular flexibility index (Phi) is 9.65. The highest BCUT2D eigenvalue weighted by Crippen LogP contribution is 2.55. The van der Waals surface area contributed by atoms with E-state index in [1.54, 1.807) is 0 Å². The quantitative estimate of drug-likeness (QED) is 0.156. The van der Waals surface area contributed by atoms with E-state index in [2.05, 4.69) is 193 Å². The van der Waals surface area contributed by atoms with Crippen molar-refractivity contribution >= 4 is 49.3 Å². The van der Waals surface area contributed by atoms with Crippen LogP contribution in [-0.4, -0.2) is 24.1 Å². The molecule has 0 saturated heterocycles. The van der Waals surface area contributed by atoms with E-state index in [4.69, 9.17) is 21.5 Å². The summed E-state index contributed by atoms with van der Waals surface area (Å²) in [5.41, 5.74) is 21.0. The summed E-state index contributed by atoms with van der Waals surface area (Å²) < 4.78 is 4.66. The van der Waals surface area contributed by atoms with Gasteiger partial charge < -0.3 is 9.13 Å². The topological polar surface area (TPSA) is 76.7 Å². The lowest BCUT2D eigenvalue weighted by Gasteiger charge is -2.22. The van der Waals surface area contributed by atoms with Crippen molar-refractivity contribution in [1.29, 1.82) is 5.26 Å². The van der Waals surface area contributed by atoms with E-state index < -0.39 is 0 Å². The molecule has 0 amide bonds. The number of hydrogen-bond acceptors (Lipinski definition) is 4. The van der Waals surface area contributed by atoms with Gasteiger partial charge in [-0.2, -0.15) is 5.26 Å². The van der Waals surface area contributed by atoms with Crippen molar-refractivity contribution in [2.24, 2.45) is 0 Å². The van der Waals surface area contributed by atoms with Crippen LogP contribution in [0, 0.1) is 17.9 Å². The van der Waals surface area contributed by atoms with Crippen LogP contribution in [0.5, 0.6) is 0 Å². The second-order valence-corrected chi connectivity index (χ2v) is 21.7. The molecule has 0 spiro atoms. The van der Waals surface area contributed by atoms with Crippen molar-refractivity contribution in [2.45, 2.75) is 38.5 Å². The van der Waals surface area contributed by atoms with E-state index in [1.165, 1.54) is 66.1 Å². The zero-order valence-electron chi connectivity index (χ0n) is 43.3. The molecule has 7 nitrogen and oxygen atoms in total. The minimum atomic E-state index is -0.219. The molecule has 0 radical (unpaired) electrons. The molecule has 3 aromatic heterocycles. The van der Waals surface area contributed by atoms with Crippen LogP contribution in [0.3, 0.4) is 0 Å². The predicted molar refractivity (Wildman–Crippen MR) is 316 cm³/mol. The molecule has 366 valence electrons. The van der Waals surface area contributed by atoms with Crippen LogP contribution in [0.25, 0.3) is 127 Å². The second kappa shape index (κ2) is 16.6. The molecule has 10 aromatic carbocycles. The normalized spacial score (nSPS) is 13.6. The van der Waals surface area contributed by atoms with Gasteiger partial charge in [0.1, 0.15) is 0 Å². The summed E-state index contributed by atoms with van der Waals surface area (Å²) in [5.74, 6) is 1.31. The third kappa shape index (κ3) is 6.40. The molecule has 0 fully saturated rings. The summed E-state index contributed by atoms with van der Waals surface area (Å²) in [6, 6.07) is 76.5. The summed E-state index contributed by atoms with van der Waals surface area (Å²) in [7, 11) is 0. The summed E-state index contributed by atoms with van der Waals surface area (Å²) in [6.45, 7) is 18.1. The number of fused-ring (bicyclic) bond motifs is 14. The molecular weight excluding hydrogens is 951 g/mol. The average molecular weight is 998 g/mol. The van der Waals surface area contributed by atoms with Crippen molar-refractivity contribution < 1.29 is 0 Å². The van der Waals surface area contributed by atoms with Gasteiger partial charge in [-0.15, -0.1) is 0 Å². The lowest BCUT2D eigenvalue weighted by molar-refractivity contribution is 0.666. The Morgan fingerprint density at radius 1 is 0.410 bits per heavy atom. The van der Waals surface area contributed by atoms with E-state index in [1.807, 2.05) is 66.7 Å². The van der Waals surface area contributed by atoms with E-state index >= 15 is 0 Å². The standard InChI is InChI=1S/C71H47N7/c1-70(2)56-26-13-9-22-47(56)49-34-36-61-63(65(49)70)53-24-11-15-28-59(53)77(61)45-30-32-51(55(39-45)44-21-17-18-42(38-44)41-72)68-74-67(43-19-7-6-8-20-43)75-69(76-68)52-33-31-46(40-58(52)73-5)78-60-29-16-12-25-54(60)64-62(78)37-35-50-48-23-10-14-27-57(48)71(3,4)66(50)64/h6-40H,1-4H3. The van der Waals surface area contributed by atoms with E-state index in [0.29, 0.717) is 34.3 Å². The first-order valence-electron chi connectivity index (χ1n) is 26.4. The van der Waals surface area contributed by atoms with Crippen LogP contribution >= 0.6 is 0 Å². The molecule has 0 atom stereocenters. The van der Waals surface area contributed by atoms with Gasteiger partial charge in [0.15, 0.2) is 23.2 Å². The summed E-state index contributed by atoms with van der Waals surface area (Å²) in [6.07, 6.45) is 0. The maximum Gasteiger partial charge on any atom is 0.200 e. The van der Waals surface area contributed by atoms with Gasteiger partial charge in [0.25, 0.3) is 0 Å². The Balaban J connectivity index is 0.922. The Morgan fingerprint density at radius 2 is 0.897 bits per heavy atom. The molecule has 0 aliphatic heterocycles. The number of benzene rings is 10. The van der Waals surface area contributed by atoms with Gasteiger partial charge in [0.2, 0.25) is 0 Å². The average Bonchev–Trinajstić information content (AvgIpc) is 3.37. The minimum absolute atomic E-state index is 0.215. The lowest BCUT2D eigenvalue weighted by atomic mass is 9.80. The van der Waals surface area contributed by atoms with Gasteiger partial charge in [-0.25, -0.2) is 19.8 Å². The second-order valence-electron chi connectivity index (χ2n) is 21.7. The Morgan fingerprint density at radius 3 is 1.49 bits per heavy atom. The van der Waals surface area contributed by atoms with Crippen molar-refractivity contribution in [3.05, 3.63) is 252 Å². The largest absolute Gasteiger partial charge is 0.311 e. The molecule has 3 heterocycles. The first-order valence-corrected chi connectivity index (χ1v) is 26.4. The third-order valence-corrected chi connectivity index (χ3v) is 16.8. The SMILES string of the molecule is [C-]#[N+]c1cc(-n2c3ccccc3c3c4c(ccc32)-c2ccccc2C4(C)C)ccc1-c1nc(-c2ccccc2)nc(-c2ccc(-n3c4ccccc4c4c5c(ccc43)-c3ccccc3C5(C)C)cc2-c2cccc(C#N)c2)n1. The third-order valence-electron chi connectivity index (χ3n) is 16.8. The van der Waals surface area contributed by atoms with Gasteiger partial charge >= 0.3 is 0 Å². The van der Waals surface area contributed by atoms with Crippen LogP contribution in [0.15, 0.2) is 212 Å². The van der Waals surface area contributed by atoms with Crippen molar-refractivity contribution in [3.63, 3.8) is 0 Å². The van der Waals surface area contributed by atoms with E-state index in [0.717, 1.165) is 55.7 Å². The highest BCUT2D eigenvalue weighted by Gasteiger charge is 2.39. The highest BCUT2D eigenvalue weighted by molar-refractivity contribution is 6.16. The van der Waals surface area contributed by atoms with Gasteiger partial charge in [-0.1, -0.05) is 173 Å². The highest BCUT2D eigenvalue weighted by atomic mass is 15.0. The predicted octanol–water partition coefficient (Wildman–Crippen LogP) is 17.8. The summed E-state index contributed by atoms with van der Waals surface area (Å²) in [4.78, 5) is 20.0. The number of rotatable bonds is 6. The first-order chi connectivity index (χ1) is 38.1. The lowest BCUT2D eigenvalue weighted by Crippen LogP contribution is -2.15. The zero-order chi connectivity index (χ0) is 52.6. The molecule has 13 aromatic rings. The fourth-order valence-electron chi connectivity index (χ4n) is 13.4. The number of hydrogen-bond donors (Lipinski definition) is 0. The molecule has 0 N–H and O–H groups in total. The van der Waals surface area contributed by atoms with Crippen LogP contribution in [0.2, 0.25) is 0 Å². The van der Waals surface area contributed by atoms with Crippen LogP contribution < -0.4 is 0 Å². The van der Waals surface area contributed by atoms with Gasteiger partial charge in [-0.3, -0.25) is 0 Å². The molecule has 0 unspecified atom stereocenters. The Hall–Kier alpha value is -10.2.